The number of aromatic carboxylic acids is 1. The van der Waals surface area contributed by atoms with Crippen LogP contribution in [-0.4, -0.2) is 41.2 Å². The van der Waals surface area contributed by atoms with E-state index in [1.807, 2.05) is 18.7 Å². The van der Waals surface area contributed by atoms with Crippen molar-refractivity contribution in [3.63, 3.8) is 0 Å². The van der Waals surface area contributed by atoms with Gasteiger partial charge in [0, 0.05) is 18.5 Å². The second-order valence-electron chi connectivity index (χ2n) is 6.24. The third-order valence-corrected chi connectivity index (χ3v) is 3.78. The number of hydrogen-bond donors (Lipinski definition) is 1. The molecule has 0 aliphatic rings. The summed E-state index contributed by atoms with van der Waals surface area (Å²) >= 11 is 0. The fraction of sp³-hybridized carbons (Fsp3) is 0.471. The second-order valence-corrected chi connectivity index (χ2v) is 6.24. The molecule has 4 heteroatoms. The smallest absolute Gasteiger partial charge is 0.352 e. The minimum Gasteiger partial charge on any atom is -0.477 e. The first-order valence-corrected chi connectivity index (χ1v) is 7.33. The average molecular weight is 288 g/mol. The molecule has 0 radical (unpaired) electrons. The molecule has 0 bridgehead atoms. The summed E-state index contributed by atoms with van der Waals surface area (Å²) in [5.74, 6) is -0.501. The van der Waals surface area contributed by atoms with Crippen LogP contribution in [0.1, 0.15) is 41.4 Å². The number of likely N-dealkylation sites (N-methyl/N-ethyl adjacent to an activating group) is 1. The third-order valence-electron chi connectivity index (χ3n) is 3.78. The summed E-state index contributed by atoms with van der Waals surface area (Å²) in [6.45, 7) is 7.86. The summed E-state index contributed by atoms with van der Waals surface area (Å²) in [4.78, 5) is 13.6. The van der Waals surface area contributed by atoms with Crippen molar-refractivity contribution < 1.29 is 9.90 Å². The van der Waals surface area contributed by atoms with Gasteiger partial charge in [0.15, 0.2) is 0 Å². The molecule has 4 nitrogen and oxygen atoms in total. The number of carbonyl (C=O) groups is 1. The molecule has 0 atom stereocenters. The highest BCUT2D eigenvalue weighted by molar-refractivity contribution is 5.96. The Morgan fingerprint density at radius 1 is 1.29 bits per heavy atom. The Labute approximate surface area is 126 Å². The lowest BCUT2D eigenvalue weighted by molar-refractivity contribution is 0.0685. The molecule has 2 aromatic rings. The molecule has 0 amide bonds. The molecule has 1 heterocycles. The van der Waals surface area contributed by atoms with Gasteiger partial charge in [0.05, 0.1) is 5.52 Å². The molecule has 21 heavy (non-hydrogen) atoms. The number of aryl methyl sites for hydroxylation is 1. The van der Waals surface area contributed by atoms with E-state index in [1.165, 1.54) is 11.1 Å². The SMILES string of the molecule is Cc1cc(C(C)C)c2c(c1)cc(C(=O)O)n2CCN(C)C. The van der Waals surface area contributed by atoms with Crippen LogP contribution in [0, 0.1) is 6.92 Å². The Bertz CT molecular complexity index is 669. The van der Waals surface area contributed by atoms with Crippen LogP contribution in [0.4, 0.5) is 0 Å². The van der Waals surface area contributed by atoms with Gasteiger partial charge in [-0.15, -0.1) is 0 Å². The molecule has 0 saturated heterocycles. The highest BCUT2D eigenvalue weighted by Crippen LogP contribution is 2.30. The maximum absolute atomic E-state index is 11.6. The molecule has 1 aromatic carbocycles. The minimum atomic E-state index is -0.864. The monoisotopic (exact) mass is 288 g/mol. The Hall–Kier alpha value is -1.81. The Kier molecular flexibility index (Phi) is 4.37. The van der Waals surface area contributed by atoms with Crippen molar-refractivity contribution in [3.8, 4) is 0 Å². The summed E-state index contributed by atoms with van der Waals surface area (Å²) in [7, 11) is 4.00. The van der Waals surface area contributed by atoms with E-state index in [0.717, 1.165) is 17.4 Å². The molecule has 114 valence electrons. The zero-order chi connectivity index (χ0) is 15.7. The summed E-state index contributed by atoms with van der Waals surface area (Å²) in [6.07, 6.45) is 0. The van der Waals surface area contributed by atoms with Gasteiger partial charge in [0.1, 0.15) is 5.69 Å². The average Bonchev–Trinajstić information content (AvgIpc) is 2.73. The van der Waals surface area contributed by atoms with Gasteiger partial charge >= 0.3 is 5.97 Å². The van der Waals surface area contributed by atoms with Crippen LogP contribution in [0.3, 0.4) is 0 Å². The van der Waals surface area contributed by atoms with Crippen LogP contribution in [-0.2, 0) is 6.54 Å². The summed E-state index contributed by atoms with van der Waals surface area (Å²) < 4.78 is 1.95. The van der Waals surface area contributed by atoms with E-state index in [9.17, 15) is 9.90 Å². The lowest BCUT2D eigenvalue weighted by atomic mass is 9.98. The van der Waals surface area contributed by atoms with Crippen molar-refractivity contribution >= 4 is 16.9 Å². The van der Waals surface area contributed by atoms with Gasteiger partial charge in [-0.05, 0) is 44.6 Å². The Morgan fingerprint density at radius 2 is 1.95 bits per heavy atom. The molecule has 0 unspecified atom stereocenters. The number of carboxylic acid groups (broad SMARTS) is 1. The highest BCUT2D eigenvalue weighted by Gasteiger charge is 2.18. The van der Waals surface area contributed by atoms with Crippen molar-refractivity contribution in [2.24, 2.45) is 0 Å². The molecule has 0 spiro atoms. The van der Waals surface area contributed by atoms with E-state index >= 15 is 0 Å². The Morgan fingerprint density at radius 3 is 2.48 bits per heavy atom. The van der Waals surface area contributed by atoms with Gasteiger partial charge in [-0.3, -0.25) is 0 Å². The first kappa shape index (κ1) is 15.6. The summed E-state index contributed by atoms with van der Waals surface area (Å²) in [5, 5.41) is 10.5. The van der Waals surface area contributed by atoms with Crippen LogP contribution < -0.4 is 0 Å². The van der Waals surface area contributed by atoms with E-state index in [0.29, 0.717) is 18.2 Å². The van der Waals surface area contributed by atoms with Gasteiger partial charge in [-0.2, -0.15) is 0 Å². The van der Waals surface area contributed by atoms with Crippen LogP contribution in [0.25, 0.3) is 10.9 Å². The van der Waals surface area contributed by atoms with Crippen molar-refractivity contribution in [2.75, 3.05) is 20.6 Å². The molecule has 0 aliphatic heterocycles. The molecule has 0 fully saturated rings. The molecule has 1 aromatic heterocycles. The van der Waals surface area contributed by atoms with Crippen molar-refractivity contribution in [2.45, 2.75) is 33.2 Å². The molecule has 0 saturated carbocycles. The van der Waals surface area contributed by atoms with Gasteiger partial charge in [-0.25, -0.2) is 4.79 Å². The normalized spacial score (nSPS) is 11.8. The minimum absolute atomic E-state index is 0.363. The third kappa shape index (κ3) is 3.10. The number of fused-ring (bicyclic) bond motifs is 1. The van der Waals surface area contributed by atoms with Gasteiger partial charge in [-0.1, -0.05) is 25.5 Å². The fourth-order valence-electron chi connectivity index (χ4n) is 2.75. The van der Waals surface area contributed by atoms with Crippen molar-refractivity contribution in [1.29, 1.82) is 0 Å². The summed E-state index contributed by atoms with van der Waals surface area (Å²) in [6, 6.07) is 6.04. The van der Waals surface area contributed by atoms with Crippen LogP contribution in [0.2, 0.25) is 0 Å². The van der Waals surface area contributed by atoms with Crippen LogP contribution >= 0.6 is 0 Å². The lowest BCUT2D eigenvalue weighted by Gasteiger charge is -2.16. The summed E-state index contributed by atoms with van der Waals surface area (Å²) in [5.41, 5.74) is 3.83. The van der Waals surface area contributed by atoms with E-state index in [-0.39, 0.29) is 0 Å². The van der Waals surface area contributed by atoms with Crippen LogP contribution in [0.15, 0.2) is 18.2 Å². The van der Waals surface area contributed by atoms with E-state index in [1.54, 1.807) is 6.07 Å². The largest absolute Gasteiger partial charge is 0.477 e. The predicted octanol–water partition coefficient (Wildman–Crippen LogP) is 3.33. The van der Waals surface area contributed by atoms with Crippen molar-refractivity contribution in [1.82, 2.24) is 9.47 Å². The van der Waals surface area contributed by atoms with Crippen LogP contribution in [0.5, 0.6) is 0 Å². The predicted molar refractivity (Wildman–Crippen MR) is 86.3 cm³/mol. The van der Waals surface area contributed by atoms with Crippen molar-refractivity contribution in [3.05, 3.63) is 35.0 Å². The first-order valence-electron chi connectivity index (χ1n) is 7.33. The molecule has 2 rings (SSSR count). The lowest BCUT2D eigenvalue weighted by Crippen LogP contribution is -2.21. The molecular weight excluding hydrogens is 264 g/mol. The Balaban J connectivity index is 2.70. The number of rotatable bonds is 5. The zero-order valence-electron chi connectivity index (χ0n) is 13.5. The number of carboxylic acids is 1. The molecule has 1 N–H and O–H groups in total. The number of hydrogen-bond acceptors (Lipinski definition) is 2. The first-order chi connectivity index (χ1) is 9.81. The van der Waals surface area contributed by atoms with E-state index in [2.05, 4.69) is 37.8 Å². The number of nitrogens with zero attached hydrogens (tertiary/aromatic N) is 2. The van der Waals surface area contributed by atoms with Gasteiger partial charge < -0.3 is 14.6 Å². The highest BCUT2D eigenvalue weighted by atomic mass is 16.4. The molecule has 0 aliphatic carbocycles. The number of benzene rings is 1. The second kappa shape index (κ2) is 5.90. The number of aromatic nitrogens is 1. The van der Waals surface area contributed by atoms with E-state index < -0.39 is 5.97 Å². The zero-order valence-corrected chi connectivity index (χ0v) is 13.5. The topological polar surface area (TPSA) is 45.5 Å². The maximum atomic E-state index is 11.6. The van der Waals surface area contributed by atoms with E-state index in [4.69, 9.17) is 0 Å². The fourth-order valence-corrected chi connectivity index (χ4v) is 2.75. The van der Waals surface area contributed by atoms with Gasteiger partial charge in [0.2, 0.25) is 0 Å². The maximum Gasteiger partial charge on any atom is 0.352 e. The standard InChI is InChI=1S/C17H24N2O2/c1-11(2)14-9-12(3)8-13-10-15(17(20)21)19(16(13)14)7-6-18(4)5/h8-11H,6-7H2,1-5H3,(H,20,21). The van der Waals surface area contributed by atoms with Gasteiger partial charge in [0.25, 0.3) is 0 Å². The quantitative estimate of drug-likeness (QED) is 0.918. The molecular formula is C17H24N2O2.